The Bertz CT molecular complexity index is 1280. The van der Waals surface area contributed by atoms with Crippen LogP contribution in [0.2, 0.25) is 0 Å². The van der Waals surface area contributed by atoms with Crippen LogP contribution in [0.5, 0.6) is 0 Å². The van der Waals surface area contributed by atoms with Gasteiger partial charge < -0.3 is 9.97 Å². The predicted octanol–water partition coefficient (Wildman–Crippen LogP) is 6.07. The van der Waals surface area contributed by atoms with E-state index < -0.39 is 6.43 Å². The second-order valence-corrected chi connectivity index (χ2v) is 9.56. The molecule has 0 saturated carbocycles. The molecule has 4 aromatic rings. The van der Waals surface area contributed by atoms with Crippen LogP contribution in [0.1, 0.15) is 52.8 Å². The van der Waals surface area contributed by atoms with Gasteiger partial charge in [0.05, 0.1) is 5.69 Å². The third-order valence-electron chi connectivity index (χ3n) is 6.87. The molecule has 3 aromatic heterocycles. The summed E-state index contributed by atoms with van der Waals surface area (Å²) in [6.07, 6.45) is 1.36. The van der Waals surface area contributed by atoms with Crippen molar-refractivity contribution in [3.05, 3.63) is 70.6 Å². The first-order chi connectivity index (χ1) is 16.4. The minimum Gasteiger partial charge on any atom is -0.354 e. The molecule has 1 aliphatic rings. The quantitative estimate of drug-likeness (QED) is 0.365. The van der Waals surface area contributed by atoms with Crippen LogP contribution in [-0.4, -0.2) is 44.4 Å². The Balaban J connectivity index is 1.41. The van der Waals surface area contributed by atoms with Crippen molar-refractivity contribution >= 4 is 10.9 Å². The molecule has 1 aromatic carbocycles. The summed E-state index contributed by atoms with van der Waals surface area (Å²) in [5.41, 5.74) is 7.47. The monoisotopic (exact) mass is 463 g/mol. The van der Waals surface area contributed by atoms with Gasteiger partial charge in [0.15, 0.2) is 0 Å². The van der Waals surface area contributed by atoms with E-state index in [1.165, 1.54) is 5.56 Å². The Kier molecular flexibility index (Phi) is 6.21. The zero-order valence-electron chi connectivity index (χ0n) is 20.0. The molecule has 7 heteroatoms. The molecule has 5 rings (SSSR count). The first-order valence-electron chi connectivity index (χ1n) is 12.0. The number of halogens is 2. The Hall–Kier alpha value is -3.06. The number of benzene rings is 1. The predicted molar refractivity (Wildman–Crippen MR) is 131 cm³/mol. The molecule has 1 saturated heterocycles. The fourth-order valence-corrected chi connectivity index (χ4v) is 5.33. The van der Waals surface area contributed by atoms with E-state index in [4.69, 9.17) is 0 Å². The molecule has 0 unspecified atom stereocenters. The highest BCUT2D eigenvalue weighted by molar-refractivity contribution is 5.91. The second-order valence-electron chi connectivity index (χ2n) is 9.56. The van der Waals surface area contributed by atoms with Crippen LogP contribution >= 0.6 is 0 Å². The number of aromatic nitrogens is 4. The van der Waals surface area contributed by atoms with Crippen LogP contribution in [0.3, 0.4) is 0 Å². The maximum atomic E-state index is 13.6. The number of H-pyrrole nitrogens is 2. The van der Waals surface area contributed by atoms with Crippen molar-refractivity contribution in [3.63, 3.8) is 0 Å². The fourth-order valence-electron chi connectivity index (χ4n) is 5.33. The lowest BCUT2D eigenvalue weighted by atomic mass is 9.88. The molecule has 5 nitrogen and oxygen atoms in total. The van der Waals surface area contributed by atoms with Crippen molar-refractivity contribution in [3.8, 4) is 11.3 Å². The number of hydrogen-bond donors (Lipinski definition) is 2. The summed E-state index contributed by atoms with van der Waals surface area (Å²) in [5, 5.41) is 0.912. The first-order valence-corrected chi connectivity index (χ1v) is 12.0. The van der Waals surface area contributed by atoms with Crippen LogP contribution in [0.15, 0.2) is 36.5 Å². The molecular formula is C27H31F2N5. The van der Waals surface area contributed by atoms with E-state index in [0.717, 1.165) is 77.5 Å². The minimum atomic E-state index is -2.40. The number of nitrogens with one attached hydrogen (secondary N) is 2. The summed E-state index contributed by atoms with van der Waals surface area (Å²) in [5.74, 6) is 1.38. The number of likely N-dealkylation sites (tertiary alicyclic amines) is 1. The number of pyridine rings is 1. The van der Waals surface area contributed by atoms with Gasteiger partial charge in [-0.25, -0.2) is 13.8 Å². The molecule has 0 bridgehead atoms. The van der Waals surface area contributed by atoms with Gasteiger partial charge in [0, 0.05) is 52.7 Å². The van der Waals surface area contributed by atoms with E-state index in [2.05, 4.69) is 43.0 Å². The number of rotatable bonds is 6. The summed E-state index contributed by atoms with van der Waals surface area (Å²) in [6.45, 7) is 8.75. The van der Waals surface area contributed by atoms with Gasteiger partial charge in [-0.1, -0.05) is 6.07 Å². The highest BCUT2D eigenvalue weighted by Gasteiger charge is 2.23. The summed E-state index contributed by atoms with van der Waals surface area (Å²) in [4.78, 5) is 17.9. The Labute approximate surface area is 198 Å². The van der Waals surface area contributed by atoms with Gasteiger partial charge in [0.1, 0.15) is 5.82 Å². The highest BCUT2D eigenvalue weighted by atomic mass is 19.3. The number of aryl methyl sites for hydroxylation is 3. The summed E-state index contributed by atoms with van der Waals surface area (Å²) < 4.78 is 27.2. The van der Waals surface area contributed by atoms with E-state index in [9.17, 15) is 8.78 Å². The smallest absolute Gasteiger partial charge is 0.242 e. The third kappa shape index (κ3) is 4.75. The number of nitrogens with zero attached hydrogens (tertiary/aromatic N) is 3. The second kappa shape index (κ2) is 9.29. The zero-order valence-corrected chi connectivity index (χ0v) is 20.0. The third-order valence-corrected chi connectivity index (χ3v) is 6.87. The Morgan fingerprint density at radius 3 is 2.41 bits per heavy atom. The van der Waals surface area contributed by atoms with Crippen molar-refractivity contribution in [1.29, 1.82) is 0 Å². The SMILES string of the molecule is Cc1cc(-c2[nH]c3ccc(C4CCN(Cc5cnc(C)[nH]5)CC4)cc3c2CC(F)F)cc(C)n1. The fraction of sp³-hybridized carbons (Fsp3) is 0.407. The van der Waals surface area contributed by atoms with E-state index >= 15 is 0 Å². The molecule has 2 N–H and O–H groups in total. The van der Waals surface area contributed by atoms with Crippen molar-refractivity contribution in [2.75, 3.05) is 13.1 Å². The highest BCUT2D eigenvalue weighted by Crippen LogP contribution is 2.36. The summed E-state index contributed by atoms with van der Waals surface area (Å²) >= 11 is 0. The van der Waals surface area contributed by atoms with Crippen LogP contribution in [0.25, 0.3) is 22.2 Å². The van der Waals surface area contributed by atoms with Crippen molar-refractivity contribution in [2.24, 2.45) is 0 Å². The lowest BCUT2D eigenvalue weighted by molar-refractivity contribution is 0.149. The zero-order chi connectivity index (χ0) is 23.8. The van der Waals surface area contributed by atoms with Crippen LogP contribution < -0.4 is 0 Å². The van der Waals surface area contributed by atoms with Crippen molar-refractivity contribution in [1.82, 2.24) is 24.8 Å². The first kappa shape index (κ1) is 22.7. The van der Waals surface area contributed by atoms with Crippen molar-refractivity contribution < 1.29 is 8.78 Å². The van der Waals surface area contributed by atoms with E-state index in [-0.39, 0.29) is 6.42 Å². The van der Waals surface area contributed by atoms with Gasteiger partial charge in [-0.15, -0.1) is 0 Å². The van der Waals surface area contributed by atoms with Crippen LogP contribution in [0, 0.1) is 20.8 Å². The molecule has 1 fully saturated rings. The van der Waals surface area contributed by atoms with E-state index in [0.29, 0.717) is 11.5 Å². The molecule has 4 heterocycles. The van der Waals surface area contributed by atoms with Gasteiger partial charge >= 0.3 is 0 Å². The minimum absolute atomic E-state index is 0.263. The number of aromatic amines is 2. The average Bonchev–Trinajstić information content (AvgIpc) is 3.36. The van der Waals surface area contributed by atoms with Crippen LogP contribution in [0.4, 0.5) is 8.78 Å². The molecule has 0 aliphatic carbocycles. The standard InChI is InChI=1S/C27H31F2N5/c1-16-10-21(11-17(2)31-16)27-24(13-26(28)29)23-12-20(4-5-25(23)33-27)19-6-8-34(9-7-19)15-22-14-30-18(3)32-22/h4-5,10-12,14,19,26,33H,6-9,13,15H2,1-3H3,(H,30,32). The van der Waals surface area contributed by atoms with Gasteiger partial charge in [-0.2, -0.15) is 0 Å². The summed E-state index contributed by atoms with van der Waals surface area (Å²) in [7, 11) is 0. The molecule has 0 spiro atoms. The largest absolute Gasteiger partial charge is 0.354 e. The van der Waals surface area contributed by atoms with Gasteiger partial charge in [-0.05, 0) is 88.0 Å². The van der Waals surface area contributed by atoms with Gasteiger partial charge in [0.2, 0.25) is 6.43 Å². The number of fused-ring (bicyclic) bond motifs is 1. The molecule has 34 heavy (non-hydrogen) atoms. The molecule has 0 radical (unpaired) electrons. The number of alkyl halides is 2. The number of piperidine rings is 1. The molecule has 1 aliphatic heterocycles. The van der Waals surface area contributed by atoms with Gasteiger partial charge in [-0.3, -0.25) is 9.88 Å². The molecular weight excluding hydrogens is 432 g/mol. The lowest BCUT2D eigenvalue weighted by Gasteiger charge is -2.31. The Morgan fingerprint density at radius 2 is 1.76 bits per heavy atom. The van der Waals surface area contributed by atoms with E-state index in [1.807, 2.05) is 39.1 Å². The molecule has 0 atom stereocenters. The van der Waals surface area contributed by atoms with Crippen LogP contribution in [-0.2, 0) is 13.0 Å². The molecule has 178 valence electrons. The normalized spacial score (nSPS) is 15.6. The number of imidazole rings is 1. The van der Waals surface area contributed by atoms with Gasteiger partial charge in [0.25, 0.3) is 0 Å². The number of hydrogen-bond acceptors (Lipinski definition) is 3. The lowest BCUT2D eigenvalue weighted by Crippen LogP contribution is -2.32. The maximum Gasteiger partial charge on any atom is 0.242 e. The summed E-state index contributed by atoms with van der Waals surface area (Å²) in [6, 6.07) is 10.3. The topological polar surface area (TPSA) is 60.6 Å². The maximum absolute atomic E-state index is 13.6. The Morgan fingerprint density at radius 1 is 1.03 bits per heavy atom. The molecule has 0 amide bonds. The average molecular weight is 464 g/mol. The van der Waals surface area contributed by atoms with Crippen molar-refractivity contribution in [2.45, 2.75) is 58.9 Å². The van der Waals surface area contributed by atoms with E-state index in [1.54, 1.807) is 0 Å².